The molecular formula is C20H19F6N3O2. The highest BCUT2D eigenvalue weighted by Crippen LogP contribution is 2.37. The quantitative estimate of drug-likeness (QED) is 0.709. The van der Waals surface area contributed by atoms with Gasteiger partial charge in [0.25, 0.3) is 5.91 Å². The van der Waals surface area contributed by atoms with Crippen LogP contribution in [0.4, 0.5) is 26.3 Å². The molecule has 0 bridgehead atoms. The van der Waals surface area contributed by atoms with Gasteiger partial charge in [0, 0.05) is 17.8 Å². The molecule has 0 saturated heterocycles. The van der Waals surface area contributed by atoms with E-state index < -0.39 is 46.9 Å². The Morgan fingerprint density at radius 2 is 1.84 bits per heavy atom. The summed E-state index contributed by atoms with van der Waals surface area (Å²) in [7, 11) is 0. The highest BCUT2D eigenvalue weighted by Gasteiger charge is 2.42. The van der Waals surface area contributed by atoms with Crippen LogP contribution in [0.25, 0.3) is 5.69 Å². The number of aryl methyl sites for hydroxylation is 1. The first-order chi connectivity index (χ1) is 14.4. The van der Waals surface area contributed by atoms with Gasteiger partial charge in [0.15, 0.2) is 5.69 Å². The number of hydrogen-bond acceptors (Lipinski definition) is 3. The molecule has 0 spiro atoms. The minimum atomic E-state index is -4.60. The molecule has 2 unspecified atom stereocenters. The second kappa shape index (κ2) is 8.35. The van der Waals surface area contributed by atoms with Crippen molar-refractivity contribution in [3.05, 3.63) is 57.5 Å². The number of halogens is 6. The second-order valence-electron chi connectivity index (χ2n) is 7.53. The molecule has 1 aromatic carbocycles. The summed E-state index contributed by atoms with van der Waals surface area (Å²) in [5, 5.41) is 6.32. The van der Waals surface area contributed by atoms with Crippen LogP contribution in [0, 0.1) is 12.8 Å². The average Bonchev–Trinajstić information content (AvgIpc) is 2.67. The summed E-state index contributed by atoms with van der Waals surface area (Å²) in [6, 6.07) is 4.45. The van der Waals surface area contributed by atoms with Gasteiger partial charge >= 0.3 is 12.4 Å². The predicted octanol–water partition coefficient (Wildman–Crippen LogP) is 4.41. The van der Waals surface area contributed by atoms with Crippen molar-refractivity contribution in [3.8, 4) is 5.69 Å². The number of carbonyl (C=O) groups excluding carboxylic acids is 1. The maximum Gasteiger partial charge on any atom is 0.416 e. The predicted molar refractivity (Wildman–Crippen MR) is 98.8 cm³/mol. The van der Waals surface area contributed by atoms with Crippen molar-refractivity contribution in [2.45, 2.75) is 51.0 Å². The summed E-state index contributed by atoms with van der Waals surface area (Å²) in [6.45, 7) is 1.44. The lowest BCUT2D eigenvalue weighted by Crippen LogP contribution is -2.43. The monoisotopic (exact) mass is 447 g/mol. The summed E-state index contributed by atoms with van der Waals surface area (Å²) in [4.78, 5) is 24.8. The minimum Gasteiger partial charge on any atom is -0.348 e. The lowest BCUT2D eigenvalue weighted by Gasteiger charge is -2.30. The Kier molecular flexibility index (Phi) is 6.15. The molecular weight excluding hydrogens is 428 g/mol. The third-order valence-corrected chi connectivity index (χ3v) is 5.21. The number of carbonyl (C=O) groups is 1. The van der Waals surface area contributed by atoms with Gasteiger partial charge in [0.2, 0.25) is 5.43 Å². The van der Waals surface area contributed by atoms with E-state index >= 15 is 0 Å². The SMILES string of the molecule is Cc1cc(=O)c(C(=O)NC2CCCC(C(F)(F)F)C2)nn1-c1cccc(C(F)(F)F)c1. The molecule has 2 aromatic rings. The third kappa shape index (κ3) is 5.26. The molecule has 168 valence electrons. The molecule has 1 amide bonds. The Labute approximate surface area is 173 Å². The van der Waals surface area contributed by atoms with Gasteiger partial charge in [0.1, 0.15) is 0 Å². The molecule has 1 aliphatic rings. The van der Waals surface area contributed by atoms with Crippen LogP contribution in [0.15, 0.2) is 35.1 Å². The maximum atomic E-state index is 13.0. The fourth-order valence-corrected chi connectivity index (χ4v) is 3.65. The van der Waals surface area contributed by atoms with E-state index in [9.17, 15) is 35.9 Å². The second-order valence-corrected chi connectivity index (χ2v) is 7.53. The van der Waals surface area contributed by atoms with Crippen LogP contribution in [0.3, 0.4) is 0 Å². The van der Waals surface area contributed by atoms with Gasteiger partial charge in [-0.2, -0.15) is 31.4 Å². The molecule has 11 heteroatoms. The summed E-state index contributed by atoms with van der Waals surface area (Å²) < 4.78 is 79.0. The van der Waals surface area contributed by atoms with Crippen molar-refractivity contribution >= 4 is 5.91 Å². The molecule has 0 aliphatic heterocycles. The molecule has 1 saturated carbocycles. The van der Waals surface area contributed by atoms with Crippen molar-refractivity contribution in [3.63, 3.8) is 0 Å². The zero-order valence-corrected chi connectivity index (χ0v) is 16.3. The van der Waals surface area contributed by atoms with Gasteiger partial charge < -0.3 is 5.32 Å². The van der Waals surface area contributed by atoms with Crippen molar-refractivity contribution in [1.82, 2.24) is 15.1 Å². The first-order valence-electron chi connectivity index (χ1n) is 9.52. The van der Waals surface area contributed by atoms with E-state index in [1.54, 1.807) is 0 Å². The number of hydrogen-bond donors (Lipinski definition) is 1. The Bertz CT molecular complexity index is 1030. The van der Waals surface area contributed by atoms with Gasteiger partial charge in [-0.25, -0.2) is 4.68 Å². The Morgan fingerprint density at radius 1 is 1.13 bits per heavy atom. The van der Waals surface area contributed by atoms with Crippen molar-refractivity contribution in [1.29, 1.82) is 0 Å². The number of aromatic nitrogens is 2. The van der Waals surface area contributed by atoms with Gasteiger partial charge in [-0.1, -0.05) is 12.5 Å². The molecule has 1 fully saturated rings. The zero-order chi connectivity index (χ0) is 23.0. The van der Waals surface area contributed by atoms with Crippen LogP contribution in [-0.2, 0) is 6.18 Å². The van der Waals surface area contributed by atoms with E-state index in [4.69, 9.17) is 0 Å². The van der Waals surface area contributed by atoms with Crippen LogP contribution in [0.2, 0.25) is 0 Å². The van der Waals surface area contributed by atoms with E-state index in [2.05, 4.69) is 10.4 Å². The van der Waals surface area contributed by atoms with Gasteiger partial charge in [-0.3, -0.25) is 9.59 Å². The van der Waals surface area contributed by atoms with Crippen LogP contribution < -0.4 is 10.7 Å². The number of benzene rings is 1. The standard InChI is InChI=1S/C20H19F6N3O2/c1-11-8-16(30)17(18(31)27-14-6-2-4-12(9-14)19(21,22)23)28-29(11)15-7-3-5-13(10-15)20(24,25)26/h3,5,7-8,10,12,14H,2,4,6,9H2,1H3,(H,27,31). The number of nitrogens with zero attached hydrogens (tertiary/aromatic N) is 2. The van der Waals surface area contributed by atoms with Gasteiger partial charge in [-0.05, 0) is 44.4 Å². The number of alkyl halides is 6. The fraction of sp³-hybridized carbons (Fsp3) is 0.450. The molecule has 2 atom stereocenters. The van der Waals surface area contributed by atoms with Crippen LogP contribution >= 0.6 is 0 Å². The van der Waals surface area contributed by atoms with E-state index in [1.165, 1.54) is 13.0 Å². The lowest BCUT2D eigenvalue weighted by atomic mass is 9.85. The Morgan fingerprint density at radius 3 is 2.48 bits per heavy atom. The maximum absolute atomic E-state index is 13.0. The van der Waals surface area contributed by atoms with Gasteiger partial charge in [0.05, 0.1) is 17.2 Å². The van der Waals surface area contributed by atoms with Crippen molar-refractivity contribution in [2.75, 3.05) is 0 Å². The summed E-state index contributed by atoms with van der Waals surface area (Å²) in [5.41, 5.74) is -2.14. The van der Waals surface area contributed by atoms with Crippen molar-refractivity contribution in [2.24, 2.45) is 5.92 Å². The molecule has 3 rings (SSSR count). The molecule has 5 nitrogen and oxygen atoms in total. The fourth-order valence-electron chi connectivity index (χ4n) is 3.65. The molecule has 0 radical (unpaired) electrons. The topological polar surface area (TPSA) is 64.0 Å². The Balaban J connectivity index is 1.88. The smallest absolute Gasteiger partial charge is 0.348 e. The highest BCUT2D eigenvalue weighted by molar-refractivity contribution is 5.92. The minimum absolute atomic E-state index is 0.0174. The molecule has 31 heavy (non-hydrogen) atoms. The zero-order valence-electron chi connectivity index (χ0n) is 16.3. The number of rotatable bonds is 3. The van der Waals surface area contributed by atoms with E-state index in [-0.39, 0.29) is 30.6 Å². The third-order valence-electron chi connectivity index (χ3n) is 5.21. The molecule has 1 heterocycles. The van der Waals surface area contributed by atoms with E-state index in [0.717, 1.165) is 28.9 Å². The molecule has 1 N–H and O–H groups in total. The first-order valence-corrected chi connectivity index (χ1v) is 9.52. The van der Waals surface area contributed by atoms with E-state index in [1.807, 2.05) is 0 Å². The molecule has 1 aliphatic carbocycles. The largest absolute Gasteiger partial charge is 0.416 e. The average molecular weight is 447 g/mol. The summed E-state index contributed by atoms with van der Waals surface area (Å²) in [6.07, 6.45) is -8.71. The van der Waals surface area contributed by atoms with Crippen LogP contribution in [0.1, 0.15) is 47.4 Å². The van der Waals surface area contributed by atoms with Gasteiger partial charge in [-0.15, -0.1) is 0 Å². The lowest BCUT2D eigenvalue weighted by molar-refractivity contribution is -0.183. The number of amides is 1. The highest BCUT2D eigenvalue weighted by atomic mass is 19.4. The van der Waals surface area contributed by atoms with Crippen LogP contribution in [0.5, 0.6) is 0 Å². The summed E-state index contributed by atoms with van der Waals surface area (Å²) in [5.74, 6) is -2.50. The number of nitrogens with one attached hydrogen (secondary N) is 1. The van der Waals surface area contributed by atoms with Crippen LogP contribution in [-0.4, -0.2) is 27.9 Å². The molecule has 1 aromatic heterocycles. The first kappa shape index (κ1) is 22.8. The Hall–Kier alpha value is -2.85. The van der Waals surface area contributed by atoms with E-state index in [0.29, 0.717) is 6.42 Å². The van der Waals surface area contributed by atoms with Crippen molar-refractivity contribution < 1.29 is 31.1 Å². The summed E-state index contributed by atoms with van der Waals surface area (Å²) >= 11 is 0. The normalized spacial score (nSPS) is 19.8.